The van der Waals surface area contributed by atoms with E-state index < -0.39 is 48.2 Å². The molecule has 0 spiro atoms. The summed E-state index contributed by atoms with van der Waals surface area (Å²) in [5, 5.41) is 4.80. The van der Waals surface area contributed by atoms with E-state index >= 15 is 0 Å². The van der Waals surface area contributed by atoms with Crippen molar-refractivity contribution in [2.45, 2.75) is 436 Å². The SMILES string of the molecule is CC[Si](CC)(CC)OC(CCC1C[C@@H]2[C@H](C1)C2(C)C)c1c(Cl)cccc1OC(F)F.CC[Si](CC)(CC)OC(CCC1C[C@@H]2[C@H](C1)C2(C)C)c1ccccn1.CC[Si](CC)(CC)OC(CCC1C[C@@H]2[C@H](C1)C2(C)C)c1nc(C)ncc1Cl.CC[Si](CC)(CC)OC(CCC1C[C@@H]2[C@H](C1)C2(C)C)c1ncncc1Cl.CC[Si](CC)(CC)OC(CCC1C[C@@H]2[C@H](C1)C2(C)C)c1sccc1Cl. The van der Waals surface area contributed by atoms with Crippen molar-refractivity contribution in [2.75, 3.05) is 0 Å². The Morgan fingerprint density at radius 1 is 0.361 bits per heavy atom. The van der Waals surface area contributed by atoms with Crippen LogP contribution in [0.5, 0.6) is 5.75 Å². The van der Waals surface area contributed by atoms with Crippen LogP contribution >= 0.6 is 57.7 Å². The highest BCUT2D eigenvalue weighted by Crippen LogP contribution is 2.73. The van der Waals surface area contributed by atoms with Crippen LogP contribution in [0.1, 0.15) is 365 Å². The van der Waals surface area contributed by atoms with Crippen molar-refractivity contribution in [1.82, 2.24) is 24.9 Å². The van der Waals surface area contributed by atoms with Gasteiger partial charge in [-0.2, -0.15) is 8.78 Å². The Bertz CT molecular complexity index is 4310. The predicted molar refractivity (Wildman–Crippen MR) is 569 cm³/mol. The maximum atomic E-state index is 13.1. The molecule has 10 aliphatic rings. The first-order chi connectivity index (χ1) is 63.1. The number of halogens is 6. The largest absolute Gasteiger partial charge is 0.434 e. The first-order valence-electron chi connectivity index (χ1n) is 53.8. The molecule has 0 radical (unpaired) electrons. The van der Waals surface area contributed by atoms with Crippen molar-refractivity contribution in [3.8, 4) is 5.75 Å². The van der Waals surface area contributed by atoms with Crippen LogP contribution in [-0.2, 0) is 22.1 Å². The van der Waals surface area contributed by atoms with Crippen molar-refractivity contribution in [1.29, 1.82) is 0 Å². The number of aromatic nitrogens is 5. The third kappa shape index (κ3) is 26.6. The van der Waals surface area contributed by atoms with Crippen LogP contribution in [-0.4, -0.2) is 73.1 Å². The van der Waals surface area contributed by atoms with E-state index in [1.54, 1.807) is 48.3 Å². The molecule has 10 unspecified atom stereocenters. The van der Waals surface area contributed by atoms with Gasteiger partial charge in [0, 0.05) is 24.2 Å². The van der Waals surface area contributed by atoms with Crippen molar-refractivity contribution in [3.05, 3.63) is 126 Å². The van der Waals surface area contributed by atoms with Gasteiger partial charge in [0.1, 0.15) is 17.9 Å². The van der Waals surface area contributed by atoms with Crippen molar-refractivity contribution in [3.63, 3.8) is 0 Å². The summed E-state index contributed by atoms with van der Waals surface area (Å²) in [5.74, 6) is 14.7. The van der Waals surface area contributed by atoms with Crippen LogP contribution in [0.4, 0.5) is 8.78 Å². The summed E-state index contributed by atoms with van der Waals surface area (Å²) in [6, 6.07) is 30.5. The van der Waals surface area contributed by atoms with E-state index in [9.17, 15) is 8.78 Å². The maximum absolute atomic E-state index is 13.1. The molecule has 0 bridgehead atoms. The van der Waals surface area contributed by atoms with Gasteiger partial charge >= 0.3 is 6.61 Å². The molecule has 750 valence electrons. The minimum absolute atomic E-state index is 0.0238. The number of hydrogen-bond donors (Lipinski definition) is 0. The van der Waals surface area contributed by atoms with E-state index in [0.717, 1.165) is 204 Å². The van der Waals surface area contributed by atoms with Gasteiger partial charge in [-0.3, -0.25) is 4.98 Å². The Balaban J connectivity index is 0.000000160. The lowest BCUT2D eigenvalue weighted by Gasteiger charge is -2.35. The minimum Gasteiger partial charge on any atom is -0.434 e. The van der Waals surface area contributed by atoms with E-state index in [-0.39, 0.29) is 36.3 Å². The second kappa shape index (κ2) is 47.6. The third-order valence-corrected chi connectivity index (χ3v) is 64.4. The summed E-state index contributed by atoms with van der Waals surface area (Å²) in [5.41, 5.74) is 6.58. The van der Waals surface area contributed by atoms with Crippen LogP contribution in [0.3, 0.4) is 0 Å². The van der Waals surface area contributed by atoms with Gasteiger partial charge in [0.25, 0.3) is 0 Å². The van der Waals surface area contributed by atoms with Gasteiger partial charge in [-0.15, -0.1) is 11.3 Å². The lowest BCUT2D eigenvalue weighted by atomic mass is 9.88. The molecular formula is C110H181Cl4F2N5O6SSi5. The zero-order valence-corrected chi connectivity index (χ0v) is 96.5. The van der Waals surface area contributed by atoms with E-state index in [0.29, 0.717) is 53.6 Å². The topological polar surface area (TPSA) is 120 Å². The molecule has 5 aromatic rings. The molecule has 133 heavy (non-hydrogen) atoms. The smallest absolute Gasteiger partial charge is 0.387 e. The van der Waals surface area contributed by atoms with Crippen molar-refractivity contribution >= 4 is 99.3 Å². The Kier molecular flexibility index (Phi) is 39.9. The van der Waals surface area contributed by atoms with Crippen LogP contribution in [0.2, 0.25) is 111 Å². The standard InChI is InChI=1S/C24H37ClF2O2Si.C22H37ClN2OSi.C22H37NOSi.C21H35ClN2OSi.C21H35ClOSSi/c1-6-30(7-2,8-3)29-21(13-12-16-14-17-18(15-16)24(17,4)5)22-19(25)10-9-11-20(22)28-23(26)27;1-7-27(8-2,9-3)26-20(21-19(23)14-24-15(4)25-21)11-10-16-12-17-18(13-16)22(17,5)6;1-6-25(7-2,8-3)24-21(20-11-9-10-14-23-20)13-12-17-15-18-19(16-17)22(18,4)5;1-6-26(7-2,8-3)25-19(20-18(22)13-23-14-24-20)10-9-15-11-16-17(12-15)21(16,4)5;1-6-25(7-2,8-3)23-19(20-18(22)11-12-24-20)10-9-15-13-16-17(14-15)21(16,4)5/h9-11,16-18,21,23H,6-8,12-15H2,1-5H3;14,16-18,20H,7-13H2,1-6H3;9-11,14,17-19,21H,6-8,12-13,15-16H2,1-5H3;13-17,19H,6-12H2,1-5H3;11-12,15-17,19H,6-10,13-14H2,1-5H3/t16?,17-,18+,21?;16?,17-,18+,20?;17?,18-,19+,21?;2*15?,16-,17+,19?. The van der Waals surface area contributed by atoms with Crippen molar-refractivity contribution in [2.24, 2.45) is 116 Å². The highest BCUT2D eigenvalue weighted by Gasteiger charge is 2.66. The molecule has 10 fully saturated rings. The third-order valence-electron chi connectivity index (χ3n) is 38.8. The molecule has 0 amide bonds. The van der Waals surface area contributed by atoms with E-state index in [1.807, 2.05) is 25.3 Å². The van der Waals surface area contributed by atoms with Gasteiger partial charge < -0.3 is 26.9 Å². The fourth-order valence-electron chi connectivity index (χ4n) is 27.3. The maximum Gasteiger partial charge on any atom is 0.387 e. The molecule has 0 N–H and O–H groups in total. The summed E-state index contributed by atoms with van der Waals surface area (Å²) < 4.78 is 65.4. The number of pyridine rings is 1. The number of aryl methyl sites for hydroxylation is 1. The molecule has 23 heteroatoms. The Hall–Kier alpha value is -2.07. The molecule has 11 nitrogen and oxygen atoms in total. The Morgan fingerprint density at radius 3 is 1.02 bits per heavy atom. The van der Waals surface area contributed by atoms with Gasteiger partial charge in [0.05, 0.1) is 72.6 Å². The fourth-order valence-corrected chi connectivity index (χ4v) is 43.6. The number of thiophene rings is 1. The van der Waals surface area contributed by atoms with Crippen LogP contribution in [0.15, 0.2) is 72.8 Å². The highest BCUT2D eigenvalue weighted by molar-refractivity contribution is 7.10. The van der Waals surface area contributed by atoms with Gasteiger partial charge in [0.2, 0.25) is 0 Å². The van der Waals surface area contributed by atoms with E-state index in [2.05, 4.69) is 211 Å². The first kappa shape index (κ1) is 111. The van der Waals surface area contributed by atoms with Gasteiger partial charge in [0.15, 0.2) is 41.6 Å². The molecule has 0 aliphatic heterocycles. The molecule has 15 rings (SSSR count). The summed E-state index contributed by atoms with van der Waals surface area (Å²) >= 11 is 27.8. The molecule has 4 heterocycles. The predicted octanol–water partition coefficient (Wildman–Crippen LogP) is 36.6. The zero-order valence-electron chi connectivity index (χ0n) is 87.7. The van der Waals surface area contributed by atoms with Crippen molar-refractivity contribution < 1.29 is 35.6 Å². The number of alkyl halides is 2. The number of hydrogen-bond acceptors (Lipinski definition) is 12. The number of ether oxygens (including phenoxy) is 1. The normalized spacial score (nSPS) is 27.7. The second-order valence-corrected chi connectivity index (χ2v) is 72.5. The number of nitrogens with zero attached hydrogens (tertiary/aromatic N) is 5. The van der Waals surface area contributed by atoms with Crippen LogP contribution in [0, 0.1) is 123 Å². The van der Waals surface area contributed by atoms with Gasteiger partial charge in [-0.05, 0) is 378 Å². The number of benzene rings is 1. The minimum atomic E-state index is -2.88. The molecule has 4 aromatic heterocycles. The average Bonchev–Trinajstić information content (AvgIpc) is 1.57. The summed E-state index contributed by atoms with van der Waals surface area (Å²) in [6.07, 6.45) is 32.5. The lowest BCUT2D eigenvalue weighted by Crippen LogP contribution is -2.37. The van der Waals surface area contributed by atoms with E-state index in [4.69, 9.17) is 78.3 Å². The lowest BCUT2D eigenvalue weighted by molar-refractivity contribution is -0.0515. The van der Waals surface area contributed by atoms with Gasteiger partial charge in [-0.25, -0.2) is 19.9 Å². The quantitative estimate of drug-likeness (QED) is 0.0346. The Labute approximate surface area is 837 Å². The molecule has 20 atom stereocenters. The second-order valence-electron chi connectivity index (χ2n) is 46.3. The molecule has 0 saturated heterocycles. The first-order valence-corrected chi connectivity index (χ1v) is 68.9. The van der Waals surface area contributed by atoms with Gasteiger partial charge in [-0.1, -0.05) is 232 Å². The number of rotatable bonds is 47. The summed E-state index contributed by atoms with van der Waals surface area (Å²) in [7, 11) is -8.62. The van der Waals surface area contributed by atoms with Crippen LogP contribution < -0.4 is 4.74 Å². The molecular weight excluding hydrogens is 1840 g/mol. The highest BCUT2D eigenvalue weighted by atomic mass is 35.5. The molecule has 1 aromatic carbocycles. The molecule has 10 aliphatic carbocycles. The summed E-state index contributed by atoms with van der Waals surface area (Å²) in [6.45, 7) is 57.6. The van der Waals surface area contributed by atoms with Crippen LogP contribution in [0.25, 0.3) is 0 Å². The average molecular weight is 2020 g/mol. The number of fused-ring (bicyclic) bond motifs is 5. The summed E-state index contributed by atoms with van der Waals surface area (Å²) in [4.78, 5) is 23.5. The monoisotopic (exact) mass is 2020 g/mol. The Morgan fingerprint density at radius 2 is 0.684 bits per heavy atom. The van der Waals surface area contributed by atoms with E-state index in [1.165, 1.54) is 131 Å². The molecule has 10 saturated carbocycles. The zero-order chi connectivity index (χ0) is 97.2. The fraction of sp³-hybridized carbons (Fsp3) is 0.791.